The van der Waals surface area contributed by atoms with Crippen molar-refractivity contribution in [3.05, 3.63) is 30.4 Å². The van der Waals surface area contributed by atoms with Crippen LogP contribution in [0.1, 0.15) is 24.8 Å². The summed E-state index contributed by atoms with van der Waals surface area (Å²) in [4.78, 5) is 18.9. The van der Waals surface area contributed by atoms with Crippen LogP contribution in [0.5, 0.6) is 0 Å². The second-order valence-corrected chi connectivity index (χ2v) is 4.22. The molecule has 0 radical (unpaired) electrons. The third-order valence-electron chi connectivity index (χ3n) is 2.95. The normalized spacial score (nSPS) is 22.5. The first kappa shape index (κ1) is 11.8. The zero-order valence-electron chi connectivity index (χ0n) is 9.89. The van der Waals surface area contributed by atoms with E-state index in [0.717, 1.165) is 5.56 Å². The van der Waals surface area contributed by atoms with Crippen LogP contribution in [0.15, 0.2) is 29.0 Å². The fourth-order valence-corrected chi connectivity index (χ4v) is 1.98. The van der Waals surface area contributed by atoms with E-state index >= 15 is 0 Å². The molecule has 0 aliphatic carbocycles. The van der Waals surface area contributed by atoms with Gasteiger partial charge in [0.05, 0.1) is 0 Å². The molecule has 1 saturated heterocycles. The number of carboxylic acids is 1. The van der Waals surface area contributed by atoms with E-state index in [1.165, 1.54) is 0 Å². The quantitative estimate of drug-likeness (QED) is 0.892. The highest BCUT2D eigenvalue weighted by molar-refractivity contribution is 5.72. The molecular formula is C12H11N3O4. The number of hydrogen-bond donors (Lipinski definition) is 1. The van der Waals surface area contributed by atoms with Gasteiger partial charge < -0.3 is 14.4 Å². The van der Waals surface area contributed by atoms with E-state index in [1.54, 1.807) is 24.5 Å². The zero-order valence-corrected chi connectivity index (χ0v) is 9.89. The van der Waals surface area contributed by atoms with Gasteiger partial charge in [-0.15, -0.1) is 0 Å². The summed E-state index contributed by atoms with van der Waals surface area (Å²) in [5.41, 5.74) is 0.790. The minimum absolute atomic E-state index is 0.315. The van der Waals surface area contributed by atoms with Crippen LogP contribution in [-0.2, 0) is 9.53 Å². The minimum Gasteiger partial charge on any atom is -0.479 e. The third-order valence-corrected chi connectivity index (χ3v) is 2.95. The molecule has 1 N–H and O–H groups in total. The van der Waals surface area contributed by atoms with E-state index < -0.39 is 18.2 Å². The Bertz CT molecular complexity index is 584. The maximum Gasteiger partial charge on any atom is 0.332 e. The number of carboxylic acid groups (broad SMARTS) is 1. The first-order chi connectivity index (χ1) is 9.24. The number of pyridine rings is 1. The van der Waals surface area contributed by atoms with Crippen LogP contribution in [0.4, 0.5) is 0 Å². The van der Waals surface area contributed by atoms with Gasteiger partial charge in [0.25, 0.3) is 5.89 Å². The monoisotopic (exact) mass is 261 g/mol. The Balaban J connectivity index is 1.78. The van der Waals surface area contributed by atoms with Gasteiger partial charge in [-0.05, 0) is 25.0 Å². The molecule has 0 saturated carbocycles. The molecule has 2 unspecified atom stereocenters. The van der Waals surface area contributed by atoms with Gasteiger partial charge in [0.1, 0.15) is 6.10 Å². The molecule has 0 amide bonds. The van der Waals surface area contributed by atoms with Crippen LogP contribution in [0, 0.1) is 0 Å². The van der Waals surface area contributed by atoms with Crippen LogP contribution >= 0.6 is 0 Å². The highest BCUT2D eigenvalue weighted by Gasteiger charge is 2.34. The van der Waals surface area contributed by atoms with Gasteiger partial charge in [0, 0.05) is 18.0 Å². The Morgan fingerprint density at radius 1 is 1.32 bits per heavy atom. The smallest absolute Gasteiger partial charge is 0.332 e. The van der Waals surface area contributed by atoms with E-state index in [2.05, 4.69) is 15.1 Å². The fraction of sp³-hybridized carbons (Fsp3) is 0.333. The van der Waals surface area contributed by atoms with Crippen molar-refractivity contribution in [3.8, 4) is 11.4 Å². The third kappa shape index (κ3) is 2.32. The highest BCUT2D eigenvalue weighted by Crippen LogP contribution is 2.32. The van der Waals surface area contributed by atoms with Crippen LogP contribution < -0.4 is 0 Å². The van der Waals surface area contributed by atoms with Crippen molar-refractivity contribution >= 4 is 5.97 Å². The van der Waals surface area contributed by atoms with Gasteiger partial charge in [0.2, 0.25) is 5.82 Å². The molecule has 0 spiro atoms. The molecule has 3 rings (SSSR count). The maximum absolute atomic E-state index is 10.8. The van der Waals surface area contributed by atoms with Crippen molar-refractivity contribution < 1.29 is 19.2 Å². The van der Waals surface area contributed by atoms with Gasteiger partial charge in [-0.1, -0.05) is 5.16 Å². The fourth-order valence-electron chi connectivity index (χ4n) is 1.98. The number of carbonyl (C=O) groups is 1. The first-order valence-electron chi connectivity index (χ1n) is 5.86. The number of ether oxygens (including phenoxy) is 1. The van der Waals surface area contributed by atoms with Gasteiger partial charge in [-0.3, -0.25) is 4.98 Å². The molecule has 7 heteroatoms. The molecule has 2 atom stereocenters. The average molecular weight is 261 g/mol. The molecule has 2 aromatic rings. The number of aromatic nitrogens is 3. The molecular weight excluding hydrogens is 250 g/mol. The molecule has 98 valence electrons. The molecule has 0 bridgehead atoms. The van der Waals surface area contributed by atoms with E-state index in [9.17, 15) is 4.79 Å². The summed E-state index contributed by atoms with van der Waals surface area (Å²) in [6, 6.07) is 3.54. The Hall–Kier alpha value is -2.28. The Labute approximate surface area is 108 Å². The molecule has 1 aliphatic rings. The summed E-state index contributed by atoms with van der Waals surface area (Å²) in [5, 5.41) is 12.7. The van der Waals surface area contributed by atoms with Crippen molar-refractivity contribution in [1.29, 1.82) is 0 Å². The summed E-state index contributed by atoms with van der Waals surface area (Å²) < 4.78 is 10.5. The van der Waals surface area contributed by atoms with Crippen LogP contribution in [0.3, 0.4) is 0 Å². The molecule has 1 fully saturated rings. The molecule has 2 aromatic heterocycles. The maximum atomic E-state index is 10.8. The topological polar surface area (TPSA) is 98.3 Å². The number of hydrogen-bond acceptors (Lipinski definition) is 6. The van der Waals surface area contributed by atoms with Gasteiger partial charge in [-0.2, -0.15) is 4.98 Å². The van der Waals surface area contributed by atoms with Crippen molar-refractivity contribution in [2.24, 2.45) is 0 Å². The first-order valence-corrected chi connectivity index (χ1v) is 5.86. The largest absolute Gasteiger partial charge is 0.479 e. The Kier molecular flexibility index (Phi) is 2.96. The highest BCUT2D eigenvalue weighted by atomic mass is 16.5. The van der Waals surface area contributed by atoms with Gasteiger partial charge >= 0.3 is 5.97 Å². The number of nitrogens with zero attached hydrogens (tertiary/aromatic N) is 3. The zero-order chi connectivity index (χ0) is 13.2. The van der Waals surface area contributed by atoms with Crippen LogP contribution in [0.25, 0.3) is 11.4 Å². The van der Waals surface area contributed by atoms with Crippen LogP contribution in [0.2, 0.25) is 0 Å². The van der Waals surface area contributed by atoms with E-state index in [-0.39, 0.29) is 0 Å². The lowest BCUT2D eigenvalue weighted by molar-refractivity contribution is -0.150. The van der Waals surface area contributed by atoms with Gasteiger partial charge in [0.15, 0.2) is 6.10 Å². The van der Waals surface area contributed by atoms with Crippen LogP contribution in [-0.4, -0.2) is 32.3 Å². The number of aliphatic carboxylic acids is 1. The second-order valence-electron chi connectivity index (χ2n) is 4.22. The van der Waals surface area contributed by atoms with Crippen molar-refractivity contribution in [1.82, 2.24) is 15.1 Å². The lowest BCUT2D eigenvalue weighted by Gasteiger charge is -2.05. The van der Waals surface area contributed by atoms with Crippen molar-refractivity contribution in [2.45, 2.75) is 25.0 Å². The molecule has 1 aliphatic heterocycles. The van der Waals surface area contributed by atoms with Gasteiger partial charge in [-0.25, -0.2) is 4.79 Å². The standard InChI is InChI=1S/C12H11N3O4/c16-12(17)9-2-1-8(18-9)11-14-10(15-19-11)7-3-5-13-6-4-7/h3-6,8-9H,1-2H2,(H,16,17). The summed E-state index contributed by atoms with van der Waals surface area (Å²) in [7, 11) is 0. The predicted octanol–water partition coefficient (Wildman–Crippen LogP) is 1.44. The molecule has 19 heavy (non-hydrogen) atoms. The summed E-state index contributed by atoms with van der Waals surface area (Å²) in [5.74, 6) is -0.202. The summed E-state index contributed by atoms with van der Waals surface area (Å²) in [6.07, 6.45) is 3.06. The SMILES string of the molecule is O=C(O)C1CCC(c2nc(-c3ccncc3)no2)O1. The lowest BCUT2D eigenvalue weighted by Crippen LogP contribution is -2.18. The molecule has 3 heterocycles. The second kappa shape index (κ2) is 4.77. The average Bonchev–Trinajstić information content (AvgIpc) is 3.09. The lowest BCUT2D eigenvalue weighted by atomic mass is 10.2. The molecule has 0 aromatic carbocycles. The predicted molar refractivity (Wildman–Crippen MR) is 62.0 cm³/mol. The van der Waals surface area contributed by atoms with Crippen molar-refractivity contribution in [2.75, 3.05) is 0 Å². The number of rotatable bonds is 3. The summed E-state index contributed by atoms with van der Waals surface area (Å²) >= 11 is 0. The van der Waals surface area contributed by atoms with E-state index in [1.807, 2.05) is 0 Å². The minimum atomic E-state index is -0.962. The molecule has 7 nitrogen and oxygen atoms in total. The summed E-state index contributed by atoms with van der Waals surface area (Å²) in [6.45, 7) is 0. The van der Waals surface area contributed by atoms with Crippen molar-refractivity contribution in [3.63, 3.8) is 0 Å². The van der Waals surface area contributed by atoms with E-state index in [4.69, 9.17) is 14.4 Å². The van der Waals surface area contributed by atoms with E-state index in [0.29, 0.717) is 24.6 Å². The Morgan fingerprint density at radius 3 is 2.79 bits per heavy atom. The Morgan fingerprint density at radius 2 is 2.11 bits per heavy atom.